The van der Waals surface area contributed by atoms with E-state index in [0.29, 0.717) is 5.56 Å². The third-order valence-electron chi connectivity index (χ3n) is 3.51. The fourth-order valence-corrected chi connectivity index (χ4v) is 2.44. The SMILES string of the molecule is O=C1Nc2cc(C(F)(F)F)ccc2[C@@]1(O)c1ccccc1. The third-order valence-corrected chi connectivity index (χ3v) is 3.51. The molecule has 0 bridgehead atoms. The van der Waals surface area contributed by atoms with Gasteiger partial charge in [-0.05, 0) is 17.7 Å². The Bertz CT molecular complexity index is 713. The highest BCUT2D eigenvalue weighted by Gasteiger charge is 2.47. The van der Waals surface area contributed by atoms with E-state index in [-0.39, 0.29) is 11.3 Å². The lowest BCUT2D eigenvalue weighted by atomic mass is 9.87. The molecule has 108 valence electrons. The second-order valence-electron chi connectivity index (χ2n) is 4.79. The molecule has 2 aromatic carbocycles. The predicted molar refractivity (Wildman–Crippen MR) is 69.5 cm³/mol. The number of alkyl halides is 3. The summed E-state index contributed by atoms with van der Waals surface area (Å²) in [5, 5.41) is 13.0. The molecule has 0 aliphatic carbocycles. The number of halogens is 3. The van der Waals surface area contributed by atoms with Gasteiger partial charge in [-0.2, -0.15) is 13.2 Å². The molecular formula is C15H10F3NO2. The van der Waals surface area contributed by atoms with Crippen LogP contribution in [0.15, 0.2) is 48.5 Å². The minimum absolute atomic E-state index is 0.0267. The fourth-order valence-electron chi connectivity index (χ4n) is 2.44. The minimum Gasteiger partial charge on any atom is -0.372 e. The quantitative estimate of drug-likeness (QED) is 0.849. The van der Waals surface area contributed by atoms with Gasteiger partial charge < -0.3 is 10.4 Å². The van der Waals surface area contributed by atoms with Crippen LogP contribution in [0, 0.1) is 0 Å². The molecule has 0 saturated heterocycles. The number of hydrogen-bond donors (Lipinski definition) is 2. The van der Waals surface area contributed by atoms with E-state index in [1.54, 1.807) is 30.3 Å². The fraction of sp³-hybridized carbons (Fsp3) is 0.133. The van der Waals surface area contributed by atoms with Crippen molar-refractivity contribution >= 4 is 11.6 Å². The van der Waals surface area contributed by atoms with Crippen LogP contribution in [0.1, 0.15) is 16.7 Å². The summed E-state index contributed by atoms with van der Waals surface area (Å²) in [4.78, 5) is 12.1. The van der Waals surface area contributed by atoms with E-state index in [4.69, 9.17) is 0 Å². The van der Waals surface area contributed by atoms with Gasteiger partial charge in [-0.15, -0.1) is 0 Å². The van der Waals surface area contributed by atoms with Crippen molar-refractivity contribution in [3.63, 3.8) is 0 Å². The van der Waals surface area contributed by atoms with Crippen LogP contribution < -0.4 is 5.32 Å². The average molecular weight is 293 g/mol. The highest BCUT2D eigenvalue weighted by Crippen LogP contribution is 2.43. The van der Waals surface area contributed by atoms with E-state index in [1.807, 2.05) is 0 Å². The van der Waals surface area contributed by atoms with Gasteiger partial charge in [0.15, 0.2) is 5.60 Å². The van der Waals surface area contributed by atoms with Crippen molar-refractivity contribution in [2.75, 3.05) is 5.32 Å². The number of carbonyl (C=O) groups excluding carboxylic acids is 1. The lowest BCUT2D eigenvalue weighted by Gasteiger charge is -2.21. The van der Waals surface area contributed by atoms with Crippen LogP contribution in [0.2, 0.25) is 0 Å². The maximum absolute atomic E-state index is 12.7. The van der Waals surface area contributed by atoms with E-state index >= 15 is 0 Å². The van der Waals surface area contributed by atoms with Crippen molar-refractivity contribution in [2.24, 2.45) is 0 Å². The Morgan fingerprint density at radius 1 is 1.05 bits per heavy atom. The lowest BCUT2D eigenvalue weighted by molar-refractivity contribution is -0.137. The smallest absolute Gasteiger partial charge is 0.372 e. The Hall–Kier alpha value is -2.34. The average Bonchev–Trinajstić information content (AvgIpc) is 2.71. The van der Waals surface area contributed by atoms with Gasteiger partial charge in [0.1, 0.15) is 0 Å². The van der Waals surface area contributed by atoms with Gasteiger partial charge in [0.2, 0.25) is 0 Å². The zero-order chi connectivity index (χ0) is 15.3. The predicted octanol–water partition coefficient (Wildman–Crippen LogP) is 2.89. The van der Waals surface area contributed by atoms with Crippen LogP contribution in [0.3, 0.4) is 0 Å². The van der Waals surface area contributed by atoms with Gasteiger partial charge in [0.05, 0.1) is 5.56 Å². The summed E-state index contributed by atoms with van der Waals surface area (Å²) >= 11 is 0. The molecule has 1 amide bonds. The zero-order valence-electron chi connectivity index (χ0n) is 10.6. The van der Waals surface area contributed by atoms with Crippen molar-refractivity contribution in [1.29, 1.82) is 0 Å². The van der Waals surface area contributed by atoms with Crippen LogP contribution >= 0.6 is 0 Å². The maximum Gasteiger partial charge on any atom is 0.416 e. The monoisotopic (exact) mass is 293 g/mol. The topological polar surface area (TPSA) is 49.3 Å². The number of aliphatic hydroxyl groups is 1. The molecule has 1 atom stereocenters. The first-order valence-corrected chi connectivity index (χ1v) is 6.14. The van der Waals surface area contributed by atoms with Gasteiger partial charge in [0, 0.05) is 11.3 Å². The first kappa shape index (κ1) is 13.6. The Morgan fingerprint density at radius 3 is 2.33 bits per heavy atom. The molecule has 0 saturated carbocycles. The summed E-state index contributed by atoms with van der Waals surface area (Å²) in [6.07, 6.45) is -4.51. The Labute approximate surface area is 118 Å². The normalized spacial score (nSPS) is 21.0. The molecule has 0 spiro atoms. The van der Waals surface area contributed by atoms with Gasteiger partial charge in [-0.3, -0.25) is 4.79 Å². The molecule has 1 heterocycles. The van der Waals surface area contributed by atoms with E-state index in [0.717, 1.165) is 18.2 Å². The van der Waals surface area contributed by atoms with Gasteiger partial charge >= 0.3 is 6.18 Å². The molecule has 2 N–H and O–H groups in total. The summed E-state index contributed by atoms with van der Waals surface area (Å²) < 4.78 is 38.1. The van der Waals surface area contributed by atoms with Crippen molar-refractivity contribution < 1.29 is 23.1 Å². The van der Waals surface area contributed by atoms with Crippen LogP contribution in [-0.2, 0) is 16.6 Å². The first-order valence-electron chi connectivity index (χ1n) is 6.14. The molecule has 0 aromatic heterocycles. The standard InChI is InChI=1S/C15H10F3NO2/c16-15(17,18)10-6-7-11-12(8-10)19-13(20)14(11,21)9-4-2-1-3-5-9/h1-8,21H,(H,19,20)/t14-/m0/s1. The summed E-state index contributed by atoms with van der Waals surface area (Å²) in [6.45, 7) is 0. The van der Waals surface area contributed by atoms with Crippen LogP contribution in [0.25, 0.3) is 0 Å². The van der Waals surface area contributed by atoms with Crippen molar-refractivity contribution in [1.82, 2.24) is 0 Å². The number of rotatable bonds is 1. The summed E-state index contributed by atoms with van der Waals surface area (Å²) in [5.74, 6) is -0.761. The Kier molecular flexibility index (Phi) is 2.81. The molecule has 1 aliphatic heterocycles. The number of carbonyl (C=O) groups is 1. The largest absolute Gasteiger partial charge is 0.416 e. The molecule has 0 fully saturated rings. The molecule has 2 aromatic rings. The molecule has 0 radical (unpaired) electrons. The second kappa shape index (κ2) is 4.33. The number of amides is 1. The summed E-state index contributed by atoms with van der Waals surface area (Å²) in [5.41, 5.74) is -2.45. The molecule has 6 heteroatoms. The molecule has 3 nitrogen and oxygen atoms in total. The Balaban J connectivity index is 2.16. The van der Waals surface area contributed by atoms with Gasteiger partial charge in [0.25, 0.3) is 5.91 Å². The van der Waals surface area contributed by atoms with E-state index < -0.39 is 23.2 Å². The van der Waals surface area contributed by atoms with E-state index in [2.05, 4.69) is 5.32 Å². The minimum atomic E-state index is -4.51. The molecule has 21 heavy (non-hydrogen) atoms. The third kappa shape index (κ3) is 1.99. The second-order valence-corrected chi connectivity index (χ2v) is 4.79. The number of nitrogens with one attached hydrogen (secondary N) is 1. The lowest BCUT2D eigenvalue weighted by Crippen LogP contribution is -2.35. The van der Waals surface area contributed by atoms with Crippen molar-refractivity contribution in [3.8, 4) is 0 Å². The molecular weight excluding hydrogens is 283 g/mol. The number of fused-ring (bicyclic) bond motifs is 1. The van der Waals surface area contributed by atoms with Crippen molar-refractivity contribution in [2.45, 2.75) is 11.8 Å². The highest BCUT2D eigenvalue weighted by atomic mass is 19.4. The number of benzene rings is 2. The van der Waals surface area contributed by atoms with E-state index in [9.17, 15) is 23.1 Å². The number of anilines is 1. The van der Waals surface area contributed by atoms with Gasteiger partial charge in [-0.1, -0.05) is 36.4 Å². The highest BCUT2D eigenvalue weighted by molar-refractivity contribution is 6.07. The zero-order valence-corrected chi connectivity index (χ0v) is 10.6. The molecule has 0 unspecified atom stereocenters. The van der Waals surface area contributed by atoms with E-state index in [1.165, 1.54) is 0 Å². The van der Waals surface area contributed by atoms with Crippen molar-refractivity contribution in [3.05, 3.63) is 65.2 Å². The molecule has 3 rings (SSSR count). The first-order chi connectivity index (χ1) is 9.83. The summed E-state index contributed by atoms with van der Waals surface area (Å²) in [7, 11) is 0. The van der Waals surface area contributed by atoms with Crippen LogP contribution in [0.5, 0.6) is 0 Å². The molecule has 1 aliphatic rings. The Morgan fingerprint density at radius 2 is 1.71 bits per heavy atom. The van der Waals surface area contributed by atoms with Crippen LogP contribution in [-0.4, -0.2) is 11.0 Å². The van der Waals surface area contributed by atoms with Gasteiger partial charge in [-0.25, -0.2) is 0 Å². The summed E-state index contributed by atoms with van der Waals surface area (Å²) in [6, 6.07) is 10.9. The maximum atomic E-state index is 12.7. The number of hydrogen-bond acceptors (Lipinski definition) is 2. The van der Waals surface area contributed by atoms with Crippen LogP contribution in [0.4, 0.5) is 18.9 Å².